The van der Waals surface area contributed by atoms with Crippen LogP contribution in [0.5, 0.6) is 0 Å². The van der Waals surface area contributed by atoms with Crippen LogP contribution in [-0.4, -0.2) is 53.0 Å². The van der Waals surface area contributed by atoms with Gasteiger partial charge in [-0.1, -0.05) is 11.6 Å². The van der Waals surface area contributed by atoms with Crippen molar-refractivity contribution in [3.05, 3.63) is 23.1 Å². The Labute approximate surface area is 151 Å². The van der Waals surface area contributed by atoms with Gasteiger partial charge in [0.2, 0.25) is 0 Å². The molecule has 0 amide bonds. The standard InChI is InChI=1S/C15H21ClN6O2S/c1-10-6-13(16)22-14(10)15(18-9-19-22)20-7-11(8-20)4-5-21(12-2-3-12)25(17,23)24/h6,9,11-12H,2-5,7-8H2,1H3,(H2,17,23,24). The first kappa shape index (κ1) is 17.0. The third-order valence-electron chi connectivity index (χ3n) is 4.98. The molecule has 0 unspecified atom stereocenters. The van der Waals surface area contributed by atoms with Gasteiger partial charge in [-0.2, -0.15) is 17.8 Å². The summed E-state index contributed by atoms with van der Waals surface area (Å²) in [6, 6.07) is 1.99. The smallest absolute Gasteiger partial charge is 0.277 e. The first-order chi connectivity index (χ1) is 11.8. The molecule has 10 heteroatoms. The van der Waals surface area contributed by atoms with Crippen LogP contribution in [0.15, 0.2) is 12.4 Å². The van der Waals surface area contributed by atoms with Gasteiger partial charge < -0.3 is 4.90 Å². The fraction of sp³-hybridized carbons (Fsp3) is 0.600. The van der Waals surface area contributed by atoms with E-state index in [4.69, 9.17) is 16.7 Å². The number of aryl methyl sites for hydroxylation is 1. The molecule has 0 atom stereocenters. The van der Waals surface area contributed by atoms with Gasteiger partial charge in [0, 0.05) is 25.7 Å². The van der Waals surface area contributed by atoms with E-state index in [0.29, 0.717) is 17.6 Å². The van der Waals surface area contributed by atoms with Crippen LogP contribution < -0.4 is 10.0 Å². The monoisotopic (exact) mass is 384 g/mol. The van der Waals surface area contributed by atoms with Crippen LogP contribution in [0.1, 0.15) is 24.8 Å². The molecule has 4 rings (SSSR count). The van der Waals surface area contributed by atoms with Gasteiger partial charge in [0.25, 0.3) is 10.2 Å². The van der Waals surface area contributed by atoms with Crippen LogP contribution in [-0.2, 0) is 10.2 Å². The highest BCUT2D eigenvalue weighted by atomic mass is 35.5. The summed E-state index contributed by atoms with van der Waals surface area (Å²) in [7, 11) is -3.60. The van der Waals surface area contributed by atoms with Gasteiger partial charge in [0.05, 0.1) is 0 Å². The predicted molar refractivity (Wildman–Crippen MR) is 95.9 cm³/mol. The van der Waals surface area contributed by atoms with Crippen LogP contribution in [0.3, 0.4) is 0 Å². The minimum Gasteiger partial charge on any atom is -0.354 e. The number of aromatic nitrogens is 3. The van der Waals surface area contributed by atoms with Crippen molar-refractivity contribution in [2.24, 2.45) is 11.1 Å². The van der Waals surface area contributed by atoms with Gasteiger partial charge >= 0.3 is 0 Å². The molecule has 0 spiro atoms. The molecule has 0 radical (unpaired) electrons. The average Bonchev–Trinajstić information content (AvgIpc) is 3.27. The number of nitrogens with two attached hydrogens (primary N) is 1. The maximum absolute atomic E-state index is 11.7. The Morgan fingerprint density at radius 1 is 1.40 bits per heavy atom. The minimum atomic E-state index is -3.60. The summed E-state index contributed by atoms with van der Waals surface area (Å²) in [6.45, 7) is 4.18. The first-order valence-corrected chi connectivity index (χ1v) is 10.3. The van der Waals surface area contributed by atoms with Gasteiger partial charge in [0.15, 0.2) is 5.82 Å². The van der Waals surface area contributed by atoms with Crippen molar-refractivity contribution in [1.82, 2.24) is 18.9 Å². The SMILES string of the molecule is Cc1cc(Cl)n2ncnc(N3CC(CCN(C4CC4)S(N)(=O)=O)C3)c12. The van der Waals surface area contributed by atoms with E-state index >= 15 is 0 Å². The Balaban J connectivity index is 1.41. The molecule has 0 aromatic carbocycles. The zero-order chi connectivity index (χ0) is 17.8. The summed E-state index contributed by atoms with van der Waals surface area (Å²) in [5.41, 5.74) is 1.97. The Morgan fingerprint density at radius 3 is 2.76 bits per heavy atom. The van der Waals surface area contributed by atoms with E-state index < -0.39 is 10.2 Å². The van der Waals surface area contributed by atoms with Crippen molar-refractivity contribution in [2.45, 2.75) is 32.2 Å². The van der Waals surface area contributed by atoms with Gasteiger partial charge in [-0.05, 0) is 43.7 Å². The zero-order valence-corrected chi connectivity index (χ0v) is 15.5. The molecule has 136 valence electrons. The molecule has 2 aliphatic rings. The van der Waals surface area contributed by atoms with E-state index in [2.05, 4.69) is 15.0 Å². The highest BCUT2D eigenvalue weighted by Crippen LogP contribution is 2.33. The first-order valence-electron chi connectivity index (χ1n) is 8.38. The molecule has 2 aromatic rings. The molecule has 2 N–H and O–H groups in total. The number of fused-ring (bicyclic) bond motifs is 1. The molecule has 3 heterocycles. The summed E-state index contributed by atoms with van der Waals surface area (Å²) in [6.07, 6.45) is 4.16. The largest absolute Gasteiger partial charge is 0.354 e. The second-order valence-corrected chi connectivity index (χ2v) is 8.83. The van der Waals surface area contributed by atoms with E-state index in [1.165, 1.54) is 10.6 Å². The number of anilines is 1. The third kappa shape index (κ3) is 3.21. The molecule has 1 aliphatic heterocycles. The Bertz CT molecular complexity index is 904. The minimum absolute atomic E-state index is 0.109. The normalized spacial score (nSPS) is 19.0. The fourth-order valence-corrected chi connectivity index (χ4v) is 4.78. The summed E-state index contributed by atoms with van der Waals surface area (Å²) in [5.74, 6) is 1.31. The van der Waals surface area contributed by atoms with Gasteiger partial charge in [-0.25, -0.2) is 14.6 Å². The Morgan fingerprint density at radius 2 is 2.12 bits per heavy atom. The predicted octanol–water partition coefficient (Wildman–Crippen LogP) is 1.19. The van der Waals surface area contributed by atoms with Gasteiger partial charge in [-0.15, -0.1) is 0 Å². The van der Waals surface area contributed by atoms with E-state index in [0.717, 1.165) is 49.2 Å². The second kappa shape index (κ2) is 6.08. The van der Waals surface area contributed by atoms with Crippen LogP contribution in [0.4, 0.5) is 5.82 Å². The summed E-state index contributed by atoms with van der Waals surface area (Å²) >= 11 is 6.19. The van der Waals surface area contributed by atoms with E-state index in [-0.39, 0.29) is 6.04 Å². The molecular formula is C15H21ClN6O2S. The quantitative estimate of drug-likeness (QED) is 0.806. The van der Waals surface area contributed by atoms with Crippen LogP contribution in [0.25, 0.3) is 5.52 Å². The number of hydrogen-bond donors (Lipinski definition) is 1. The highest BCUT2D eigenvalue weighted by molar-refractivity contribution is 7.86. The summed E-state index contributed by atoms with van der Waals surface area (Å²) < 4.78 is 26.5. The molecule has 1 aliphatic carbocycles. The molecule has 2 aromatic heterocycles. The Hall–Kier alpha value is -1.42. The van der Waals surface area contributed by atoms with Crippen molar-refractivity contribution in [1.29, 1.82) is 0 Å². The highest BCUT2D eigenvalue weighted by Gasteiger charge is 2.37. The lowest BCUT2D eigenvalue weighted by molar-refractivity contribution is 0.319. The van der Waals surface area contributed by atoms with Crippen molar-refractivity contribution < 1.29 is 8.42 Å². The van der Waals surface area contributed by atoms with Crippen LogP contribution in [0.2, 0.25) is 5.15 Å². The molecule has 2 fully saturated rings. The Kier molecular flexibility index (Phi) is 4.14. The molecule has 25 heavy (non-hydrogen) atoms. The number of nitrogens with zero attached hydrogens (tertiary/aromatic N) is 5. The van der Waals surface area contributed by atoms with Crippen molar-refractivity contribution in [3.8, 4) is 0 Å². The second-order valence-electron chi connectivity index (χ2n) is 6.94. The van der Waals surface area contributed by atoms with E-state index in [1.54, 1.807) is 4.52 Å². The maximum atomic E-state index is 11.7. The lowest BCUT2D eigenvalue weighted by atomic mass is 9.96. The summed E-state index contributed by atoms with van der Waals surface area (Å²) in [4.78, 5) is 6.60. The molecule has 0 bridgehead atoms. The number of hydrogen-bond acceptors (Lipinski definition) is 5. The van der Waals surface area contributed by atoms with Crippen LogP contribution in [0, 0.1) is 12.8 Å². The van der Waals surface area contributed by atoms with Crippen molar-refractivity contribution in [2.75, 3.05) is 24.5 Å². The lowest BCUT2D eigenvalue weighted by Gasteiger charge is -2.41. The lowest BCUT2D eigenvalue weighted by Crippen LogP contribution is -2.49. The molecule has 8 nitrogen and oxygen atoms in total. The van der Waals surface area contributed by atoms with Gasteiger partial charge in [-0.3, -0.25) is 0 Å². The molecular weight excluding hydrogens is 364 g/mol. The van der Waals surface area contributed by atoms with Crippen molar-refractivity contribution >= 4 is 33.1 Å². The number of halogens is 1. The topological polar surface area (TPSA) is 96.8 Å². The molecule has 1 saturated heterocycles. The number of rotatable bonds is 6. The molecule has 1 saturated carbocycles. The average molecular weight is 385 g/mol. The fourth-order valence-electron chi connectivity index (χ4n) is 3.51. The van der Waals surface area contributed by atoms with Crippen molar-refractivity contribution in [3.63, 3.8) is 0 Å². The van der Waals surface area contributed by atoms with Gasteiger partial charge in [0.1, 0.15) is 17.0 Å². The zero-order valence-electron chi connectivity index (χ0n) is 14.0. The van der Waals surface area contributed by atoms with E-state index in [9.17, 15) is 8.42 Å². The van der Waals surface area contributed by atoms with Crippen LogP contribution >= 0.6 is 11.6 Å². The summed E-state index contributed by atoms with van der Waals surface area (Å²) in [5, 5.41) is 10.1. The van der Waals surface area contributed by atoms with E-state index in [1.807, 2.05) is 13.0 Å². The third-order valence-corrected chi connectivity index (χ3v) is 6.38. The maximum Gasteiger partial charge on any atom is 0.277 e.